The average Bonchev–Trinajstić information content (AvgIpc) is 2.63. The number of hydrogen-bond acceptors (Lipinski definition) is 2. The van der Waals surface area contributed by atoms with Crippen LogP contribution in [0.2, 0.25) is 0 Å². The summed E-state index contributed by atoms with van der Waals surface area (Å²) >= 11 is 6.68. The Balaban J connectivity index is 2.16. The highest BCUT2D eigenvalue weighted by atomic mass is 79.9. The lowest BCUT2D eigenvalue weighted by Gasteiger charge is -2.24. The van der Waals surface area contributed by atoms with E-state index in [4.69, 9.17) is 4.42 Å². The van der Waals surface area contributed by atoms with Crippen LogP contribution in [0.15, 0.2) is 31.8 Å². The van der Waals surface area contributed by atoms with E-state index in [0.717, 1.165) is 17.4 Å². The van der Waals surface area contributed by atoms with Gasteiger partial charge in [0.1, 0.15) is 0 Å². The Kier molecular flexibility index (Phi) is 3.31. The number of carbonyl (C=O) groups excluding carboxylic acids is 1. The van der Waals surface area contributed by atoms with Crippen LogP contribution in [0.25, 0.3) is 0 Å². The molecule has 0 atom stereocenters. The van der Waals surface area contributed by atoms with Crippen molar-refractivity contribution in [3.05, 3.63) is 33.1 Å². The molecular weight excluding hydrogens is 326 g/mol. The van der Waals surface area contributed by atoms with Crippen molar-refractivity contribution in [3.63, 3.8) is 0 Å². The number of halogens is 2. The Morgan fingerprint density at radius 3 is 2.87 bits per heavy atom. The largest absolute Gasteiger partial charge is 0.458 e. The van der Waals surface area contributed by atoms with Crippen LogP contribution in [-0.4, -0.2) is 23.9 Å². The van der Waals surface area contributed by atoms with Gasteiger partial charge in [-0.2, -0.15) is 0 Å². The summed E-state index contributed by atoms with van der Waals surface area (Å²) in [6.45, 7) is 1.35. The van der Waals surface area contributed by atoms with Crippen molar-refractivity contribution in [3.8, 4) is 0 Å². The second-order valence-electron chi connectivity index (χ2n) is 3.26. The van der Waals surface area contributed by atoms with Gasteiger partial charge < -0.3 is 9.32 Å². The molecule has 1 aliphatic heterocycles. The minimum atomic E-state index is -0.0723. The highest BCUT2D eigenvalue weighted by Gasteiger charge is 2.22. The van der Waals surface area contributed by atoms with Crippen molar-refractivity contribution >= 4 is 37.8 Å². The number of rotatable bonds is 1. The monoisotopic (exact) mass is 333 g/mol. The third-order valence-electron chi connectivity index (χ3n) is 2.21. The first-order valence-electron chi connectivity index (χ1n) is 4.55. The molecule has 2 heterocycles. The summed E-state index contributed by atoms with van der Waals surface area (Å²) in [6, 6.07) is 1.72. The minimum absolute atomic E-state index is 0.0723. The van der Waals surface area contributed by atoms with E-state index in [1.807, 2.05) is 0 Å². The van der Waals surface area contributed by atoms with Crippen molar-refractivity contribution in [1.29, 1.82) is 0 Å². The predicted octanol–water partition coefficient (Wildman–Crippen LogP) is 3.17. The molecule has 15 heavy (non-hydrogen) atoms. The van der Waals surface area contributed by atoms with Gasteiger partial charge in [-0.25, -0.2) is 0 Å². The van der Waals surface area contributed by atoms with Gasteiger partial charge in [0, 0.05) is 11.0 Å². The molecule has 0 fully saturated rings. The fourth-order valence-electron chi connectivity index (χ4n) is 1.47. The maximum Gasteiger partial charge on any atom is 0.291 e. The molecule has 2 rings (SSSR count). The lowest BCUT2D eigenvalue weighted by atomic mass is 10.2. The summed E-state index contributed by atoms with van der Waals surface area (Å²) in [5.74, 6) is 0.300. The third kappa shape index (κ3) is 2.34. The lowest BCUT2D eigenvalue weighted by Crippen LogP contribution is -2.34. The van der Waals surface area contributed by atoms with E-state index in [1.165, 1.54) is 6.26 Å². The molecule has 0 aromatic carbocycles. The standard InChI is InChI=1S/C10H9Br2NO2/c11-7-2-1-4-13(6-7)10(14)9-8(12)3-5-15-9/h2-3,5H,1,4,6H2. The highest BCUT2D eigenvalue weighted by molar-refractivity contribution is 9.11. The summed E-state index contributed by atoms with van der Waals surface area (Å²) < 4.78 is 6.89. The van der Waals surface area contributed by atoms with Crippen LogP contribution in [0.3, 0.4) is 0 Å². The molecule has 0 saturated heterocycles. The molecule has 0 saturated carbocycles. The van der Waals surface area contributed by atoms with E-state index in [-0.39, 0.29) is 5.91 Å². The van der Waals surface area contributed by atoms with Crippen molar-refractivity contribution in [2.75, 3.05) is 13.1 Å². The van der Waals surface area contributed by atoms with E-state index in [2.05, 4.69) is 37.9 Å². The van der Waals surface area contributed by atoms with E-state index in [1.54, 1.807) is 11.0 Å². The number of furan rings is 1. The molecule has 0 unspecified atom stereocenters. The smallest absolute Gasteiger partial charge is 0.291 e. The molecule has 5 heteroatoms. The summed E-state index contributed by atoms with van der Waals surface area (Å²) in [5.41, 5.74) is 0. The van der Waals surface area contributed by atoms with Gasteiger partial charge in [-0.1, -0.05) is 22.0 Å². The summed E-state index contributed by atoms with van der Waals surface area (Å²) in [7, 11) is 0. The Morgan fingerprint density at radius 1 is 1.47 bits per heavy atom. The van der Waals surface area contributed by atoms with Crippen LogP contribution in [0.5, 0.6) is 0 Å². The van der Waals surface area contributed by atoms with E-state index >= 15 is 0 Å². The zero-order valence-electron chi connectivity index (χ0n) is 7.87. The average molecular weight is 335 g/mol. The molecule has 3 nitrogen and oxygen atoms in total. The predicted molar refractivity (Wildman–Crippen MR) is 63.9 cm³/mol. The molecule has 1 aromatic heterocycles. The van der Waals surface area contributed by atoms with Gasteiger partial charge in [0.15, 0.2) is 0 Å². The lowest BCUT2D eigenvalue weighted by molar-refractivity contribution is 0.0736. The highest BCUT2D eigenvalue weighted by Crippen LogP contribution is 2.22. The fraction of sp³-hybridized carbons (Fsp3) is 0.300. The molecule has 0 bridgehead atoms. The van der Waals surface area contributed by atoms with Gasteiger partial charge in [0.25, 0.3) is 5.91 Å². The summed E-state index contributed by atoms with van der Waals surface area (Å²) in [4.78, 5) is 13.7. The van der Waals surface area contributed by atoms with Crippen LogP contribution < -0.4 is 0 Å². The van der Waals surface area contributed by atoms with Crippen LogP contribution in [0.4, 0.5) is 0 Å². The molecule has 0 spiro atoms. The molecule has 1 aliphatic rings. The van der Waals surface area contributed by atoms with Gasteiger partial charge in [0.2, 0.25) is 5.76 Å². The second-order valence-corrected chi connectivity index (χ2v) is 5.14. The Hall–Kier alpha value is -0.550. The molecule has 1 aromatic rings. The number of nitrogens with zero attached hydrogens (tertiary/aromatic N) is 1. The van der Waals surface area contributed by atoms with Crippen LogP contribution >= 0.6 is 31.9 Å². The number of amides is 1. The second kappa shape index (κ2) is 4.53. The first-order chi connectivity index (χ1) is 7.18. The maximum atomic E-state index is 12.0. The van der Waals surface area contributed by atoms with Gasteiger partial charge >= 0.3 is 0 Å². The van der Waals surface area contributed by atoms with Crippen molar-refractivity contribution < 1.29 is 9.21 Å². The first-order valence-corrected chi connectivity index (χ1v) is 6.14. The zero-order valence-corrected chi connectivity index (χ0v) is 11.0. The van der Waals surface area contributed by atoms with Crippen molar-refractivity contribution in [2.45, 2.75) is 6.42 Å². The topological polar surface area (TPSA) is 33.5 Å². The fourth-order valence-corrected chi connectivity index (χ4v) is 2.37. The van der Waals surface area contributed by atoms with E-state index in [9.17, 15) is 4.79 Å². The quantitative estimate of drug-likeness (QED) is 0.790. The first kappa shape index (κ1) is 11.0. The van der Waals surface area contributed by atoms with E-state index < -0.39 is 0 Å². The summed E-state index contributed by atoms with van der Waals surface area (Å²) in [6.07, 6.45) is 4.47. The van der Waals surface area contributed by atoms with Gasteiger partial charge in [-0.15, -0.1) is 0 Å². The number of carbonyl (C=O) groups is 1. The third-order valence-corrected chi connectivity index (χ3v) is 3.40. The van der Waals surface area contributed by atoms with Crippen LogP contribution in [0.1, 0.15) is 17.0 Å². The molecule has 0 N–H and O–H groups in total. The normalized spacial score (nSPS) is 16.4. The zero-order chi connectivity index (χ0) is 10.8. The number of hydrogen-bond donors (Lipinski definition) is 0. The van der Waals surface area contributed by atoms with E-state index in [0.29, 0.717) is 16.8 Å². The molecular formula is C10H9Br2NO2. The maximum absolute atomic E-state index is 12.0. The molecule has 0 aliphatic carbocycles. The van der Waals surface area contributed by atoms with Crippen LogP contribution in [0, 0.1) is 0 Å². The summed E-state index contributed by atoms with van der Waals surface area (Å²) in [5, 5.41) is 0. The Bertz CT molecular complexity index is 411. The van der Waals surface area contributed by atoms with Gasteiger partial charge in [-0.3, -0.25) is 4.79 Å². The SMILES string of the molecule is O=C(c1occc1Br)N1CCC=C(Br)C1. The molecule has 0 radical (unpaired) electrons. The van der Waals surface area contributed by atoms with Crippen molar-refractivity contribution in [1.82, 2.24) is 4.90 Å². The minimum Gasteiger partial charge on any atom is -0.458 e. The Morgan fingerprint density at radius 2 is 2.27 bits per heavy atom. The molecule has 80 valence electrons. The van der Waals surface area contributed by atoms with Gasteiger partial charge in [-0.05, 0) is 28.4 Å². The van der Waals surface area contributed by atoms with Crippen LogP contribution in [-0.2, 0) is 0 Å². The van der Waals surface area contributed by atoms with Crippen molar-refractivity contribution in [2.24, 2.45) is 0 Å². The van der Waals surface area contributed by atoms with Gasteiger partial charge in [0.05, 0.1) is 17.3 Å². The Labute approximate surface area is 104 Å². The molecule has 1 amide bonds.